The van der Waals surface area contributed by atoms with E-state index in [1.165, 1.54) is 0 Å². The van der Waals surface area contributed by atoms with E-state index in [9.17, 15) is 0 Å². The van der Waals surface area contributed by atoms with Crippen molar-refractivity contribution in [3.8, 4) is 0 Å². The Bertz CT molecular complexity index is 289. The van der Waals surface area contributed by atoms with E-state index >= 15 is 0 Å². The number of hydrogen-bond acceptors (Lipinski definition) is 4. The summed E-state index contributed by atoms with van der Waals surface area (Å²) in [5.41, 5.74) is 0.724. The Hall–Kier alpha value is -0.870. The van der Waals surface area contributed by atoms with Crippen molar-refractivity contribution < 1.29 is 13.9 Å². The molecule has 0 unspecified atom stereocenters. The van der Waals surface area contributed by atoms with Crippen molar-refractivity contribution in [1.82, 2.24) is 4.98 Å². The zero-order valence-electron chi connectivity index (χ0n) is 7.87. The van der Waals surface area contributed by atoms with E-state index < -0.39 is 5.79 Å². The summed E-state index contributed by atoms with van der Waals surface area (Å²) in [6, 6.07) is 0. The van der Waals surface area contributed by atoms with Crippen molar-refractivity contribution in [3.05, 3.63) is 17.8 Å². The molecule has 4 nitrogen and oxygen atoms in total. The second kappa shape index (κ2) is 3.12. The monoisotopic (exact) mass is 183 g/mol. The minimum absolute atomic E-state index is 0.616. The summed E-state index contributed by atoms with van der Waals surface area (Å²) in [5, 5.41) is 0. The first-order valence-electron chi connectivity index (χ1n) is 4.47. The third-order valence-electron chi connectivity index (χ3n) is 2.16. The minimum Gasteiger partial charge on any atom is -0.449 e. The van der Waals surface area contributed by atoms with Gasteiger partial charge in [-0.3, -0.25) is 0 Å². The number of nitrogens with zero attached hydrogens (tertiary/aromatic N) is 1. The van der Waals surface area contributed by atoms with Crippen LogP contribution >= 0.6 is 0 Å². The number of oxazole rings is 1. The van der Waals surface area contributed by atoms with Gasteiger partial charge in [-0.15, -0.1) is 0 Å². The van der Waals surface area contributed by atoms with Crippen LogP contribution in [-0.4, -0.2) is 18.2 Å². The summed E-state index contributed by atoms with van der Waals surface area (Å²) >= 11 is 0. The Morgan fingerprint density at radius 3 is 2.69 bits per heavy atom. The van der Waals surface area contributed by atoms with Crippen LogP contribution in [0.25, 0.3) is 0 Å². The SMILES string of the molecule is CCc1nc(C2(C)OCCO2)co1. The first-order valence-corrected chi connectivity index (χ1v) is 4.47. The standard InChI is InChI=1S/C9H13NO3/c1-3-8-10-7(6-11-8)9(2)12-4-5-13-9/h6H,3-5H2,1-2H3. The maximum atomic E-state index is 5.44. The molecule has 0 bridgehead atoms. The Morgan fingerprint density at radius 1 is 1.46 bits per heavy atom. The van der Waals surface area contributed by atoms with Crippen LogP contribution in [0.3, 0.4) is 0 Å². The van der Waals surface area contributed by atoms with Crippen molar-refractivity contribution in [1.29, 1.82) is 0 Å². The highest BCUT2D eigenvalue weighted by molar-refractivity contribution is 5.05. The molecule has 1 saturated heterocycles. The van der Waals surface area contributed by atoms with Gasteiger partial charge in [0.05, 0.1) is 13.2 Å². The molecule has 2 heterocycles. The highest BCUT2D eigenvalue weighted by atomic mass is 16.7. The third-order valence-corrected chi connectivity index (χ3v) is 2.16. The van der Waals surface area contributed by atoms with Crippen molar-refractivity contribution in [2.75, 3.05) is 13.2 Å². The fourth-order valence-corrected chi connectivity index (χ4v) is 1.34. The van der Waals surface area contributed by atoms with E-state index in [4.69, 9.17) is 13.9 Å². The molecular formula is C9H13NO3. The van der Waals surface area contributed by atoms with Crippen molar-refractivity contribution >= 4 is 0 Å². The Balaban J connectivity index is 2.23. The first-order chi connectivity index (χ1) is 6.24. The van der Waals surface area contributed by atoms with Crippen LogP contribution in [0, 0.1) is 0 Å². The van der Waals surface area contributed by atoms with E-state index in [0.29, 0.717) is 13.2 Å². The molecule has 0 aromatic carbocycles. The number of ether oxygens (including phenoxy) is 2. The summed E-state index contributed by atoms with van der Waals surface area (Å²) < 4.78 is 16.1. The topological polar surface area (TPSA) is 44.5 Å². The summed E-state index contributed by atoms with van der Waals surface area (Å²) in [5.74, 6) is 0.0204. The second-order valence-corrected chi connectivity index (χ2v) is 3.12. The van der Waals surface area contributed by atoms with Gasteiger partial charge < -0.3 is 13.9 Å². The third kappa shape index (κ3) is 1.47. The molecule has 0 radical (unpaired) electrons. The molecule has 0 atom stereocenters. The van der Waals surface area contributed by atoms with Crippen LogP contribution in [-0.2, 0) is 21.7 Å². The molecule has 13 heavy (non-hydrogen) atoms. The average Bonchev–Trinajstić information content (AvgIpc) is 2.72. The molecule has 4 heteroatoms. The normalized spacial score (nSPS) is 20.8. The molecule has 0 N–H and O–H groups in total. The highest BCUT2D eigenvalue weighted by Gasteiger charge is 2.36. The van der Waals surface area contributed by atoms with Gasteiger partial charge in [0.15, 0.2) is 5.89 Å². The van der Waals surface area contributed by atoms with Crippen LogP contribution < -0.4 is 0 Å². The van der Waals surface area contributed by atoms with E-state index in [-0.39, 0.29) is 0 Å². The molecule has 2 rings (SSSR count). The van der Waals surface area contributed by atoms with Gasteiger partial charge in [-0.2, -0.15) is 0 Å². The lowest BCUT2D eigenvalue weighted by molar-refractivity contribution is -0.152. The number of hydrogen-bond donors (Lipinski definition) is 0. The van der Waals surface area contributed by atoms with Gasteiger partial charge in [-0.1, -0.05) is 6.92 Å². The molecule has 1 aromatic heterocycles. The molecule has 1 fully saturated rings. The fraction of sp³-hybridized carbons (Fsp3) is 0.667. The van der Waals surface area contributed by atoms with Gasteiger partial charge in [0, 0.05) is 6.42 Å². The predicted octanol–water partition coefficient (Wildman–Crippen LogP) is 1.46. The average molecular weight is 183 g/mol. The number of aromatic nitrogens is 1. The quantitative estimate of drug-likeness (QED) is 0.696. The van der Waals surface area contributed by atoms with Crippen molar-refractivity contribution in [3.63, 3.8) is 0 Å². The van der Waals surface area contributed by atoms with Crippen molar-refractivity contribution in [2.45, 2.75) is 26.1 Å². The predicted molar refractivity (Wildman–Crippen MR) is 45.1 cm³/mol. The lowest BCUT2D eigenvalue weighted by Gasteiger charge is -2.18. The van der Waals surface area contributed by atoms with E-state index in [2.05, 4.69) is 4.98 Å². The maximum Gasteiger partial charge on any atom is 0.212 e. The van der Waals surface area contributed by atoms with Gasteiger partial charge in [0.25, 0.3) is 0 Å². The van der Waals surface area contributed by atoms with Gasteiger partial charge >= 0.3 is 0 Å². The number of rotatable bonds is 2. The number of aryl methyl sites for hydroxylation is 1. The van der Waals surface area contributed by atoms with Crippen LogP contribution in [0.1, 0.15) is 25.4 Å². The molecule has 0 aliphatic carbocycles. The zero-order valence-corrected chi connectivity index (χ0v) is 7.87. The molecule has 72 valence electrons. The smallest absolute Gasteiger partial charge is 0.212 e. The van der Waals surface area contributed by atoms with Crippen LogP contribution in [0.15, 0.2) is 10.7 Å². The Morgan fingerprint density at radius 2 is 2.15 bits per heavy atom. The highest BCUT2D eigenvalue weighted by Crippen LogP contribution is 2.29. The van der Waals surface area contributed by atoms with Crippen LogP contribution in [0.2, 0.25) is 0 Å². The molecular weight excluding hydrogens is 170 g/mol. The summed E-state index contributed by atoms with van der Waals surface area (Å²) in [6.07, 6.45) is 2.39. The summed E-state index contributed by atoms with van der Waals surface area (Å²) in [6.45, 7) is 5.08. The first kappa shape index (κ1) is 8.72. The molecule has 0 amide bonds. The summed E-state index contributed by atoms with van der Waals surface area (Å²) in [7, 11) is 0. The largest absolute Gasteiger partial charge is 0.449 e. The lowest BCUT2D eigenvalue weighted by atomic mass is 10.2. The second-order valence-electron chi connectivity index (χ2n) is 3.12. The molecule has 1 aromatic rings. The van der Waals surface area contributed by atoms with Crippen LogP contribution in [0.4, 0.5) is 0 Å². The minimum atomic E-state index is -0.697. The van der Waals surface area contributed by atoms with Crippen molar-refractivity contribution in [2.24, 2.45) is 0 Å². The molecule has 1 aliphatic heterocycles. The van der Waals surface area contributed by atoms with E-state index in [1.807, 2.05) is 13.8 Å². The summed E-state index contributed by atoms with van der Waals surface area (Å²) in [4.78, 5) is 4.27. The Labute approximate surface area is 76.9 Å². The van der Waals surface area contributed by atoms with Gasteiger partial charge in [0.1, 0.15) is 12.0 Å². The molecule has 1 aliphatic rings. The molecule has 0 saturated carbocycles. The van der Waals surface area contributed by atoms with Gasteiger partial charge in [-0.25, -0.2) is 4.98 Å². The van der Waals surface area contributed by atoms with Crippen LogP contribution in [0.5, 0.6) is 0 Å². The van der Waals surface area contributed by atoms with E-state index in [1.54, 1.807) is 6.26 Å². The Kier molecular flexibility index (Phi) is 2.09. The fourth-order valence-electron chi connectivity index (χ4n) is 1.34. The van der Waals surface area contributed by atoms with Gasteiger partial charge in [0.2, 0.25) is 5.79 Å². The molecule has 0 spiro atoms. The van der Waals surface area contributed by atoms with E-state index in [0.717, 1.165) is 18.0 Å². The zero-order chi connectivity index (χ0) is 9.31. The van der Waals surface area contributed by atoms with Gasteiger partial charge in [-0.05, 0) is 6.92 Å². The maximum absolute atomic E-state index is 5.44. The lowest BCUT2D eigenvalue weighted by Crippen LogP contribution is -2.22.